The molecule has 1 aliphatic heterocycles. The molecule has 0 aliphatic carbocycles. The Morgan fingerprint density at radius 3 is 2.54 bits per heavy atom. The van der Waals surface area contributed by atoms with Gasteiger partial charge in [0.25, 0.3) is 5.91 Å². The minimum Gasteiger partial charge on any atom is -0.485 e. The predicted molar refractivity (Wildman–Crippen MR) is 133 cm³/mol. The van der Waals surface area contributed by atoms with E-state index in [1.54, 1.807) is 18.2 Å². The largest absolute Gasteiger partial charge is 0.485 e. The summed E-state index contributed by atoms with van der Waals surface area (Å²) in [6.45, 7) is 4.01. The number of benzene rings is 3. The number of nitrogens with zero attached hydrogens (tertiary/aromatic N) is 1. The van der Waals surface area contributed by atoms with E-state index in [-0.39, 0.29) is 43.3 Å². The fraction of sp³-hybridized carbons (Fsp3) is 0.250. The van der Waals surface area contributed by atoms with Gasteiger partial charge in [0.2, 0.25) is 5.91 Å². The lowest BCUT2D eigenvalue weighted by Gasteiger charge is -2.29. The van der Waals surface area contributed by atoms with E-state index in [0.717, 1.165) is 11.1 Å². The van der Waals surface area contributed by atoms with Gasteiger partial charge in [-0.05, 0) is 41.3 Å². The molecule has 1 heterocycles. The van der Waals surface area contributed by atoms with Crippen LogP contribution in [0.4, 0.5) is 5.69 Å². The highest BCUT2D eigenvalue weighted by Crippen LogP contribution is 2.33. The average Bonchev–Trinajstić information content (AvgIpc) is 2.88. The maximum atomic E-state index is 12.9. The van der Waals surface area contributed by atoms with E-state index in [1.165, 1.54) is 4.90 Å². The fourth-order valence-corrected chi connectivity index (χ4v) is 3.86. The fourth-order valence-electron chi connectivity index (χ4n) is 3.86. The molecule has 35 heavy (non-hydrogen) atoms. The molecule has 0 fully saturated rings. The van der Waals surface area contributed by atoms with E-state index in [2.05, 4.69) is 19.2 Å². The maximum Gasteiger partial charge on any atom is 0.265 e. The second-order valence-corrected chi connectivity index (χ2v) is 8.62. The maximum absolute atomic E-state index is 12.9. The number of ketones is 1. The van der Waals surface area contributed by atoms with Crippen LogP contribution in [0.2, 0.25) is 0 Å². The Kier molecular flexibility index (Phi) is 7.45. The van der Waals surface area contributed by atoms with Crippen molar-refractivity contribution in [2.45, 2.75) is 26.3 Å². The number of hydrogen-bond acceptors (Lipinski definition) is 5. The number of fused-ring (bicyclic) bond motifs is 1. The van der Waals surface area contributed by atoms with E-state index in [0.29, 0.717) is 29.3 Å². The van der Waals surface area contributed by atoms with Gasteiger partial charge in [0.1, 0.15) is 18.0 Å². The summed E-state index contributed by atoms with van der Waals surface area (Å²) in [6.07, 6.45) is 0. The molecule has 4 rings (SSSR count). The number of carbonyl (C=O) groups excluding carboxylic acids is 3. The molecule has 0 saturated carbocycles. The highest BCUT2D eigenvalue weighted by Gasteiger charge is 2.28. The van der Waals surface area contributed by atoms with Crippen LogP contribution in [-0.4, -0.2) is 37.4 Å². The molecule has 7 nitrogen and oxygen atoms in total. The zero-order chi connectivity index (χ0) is 24.8. The van der Waals surface area contributed by atoms with E-state index in [1.807, 2.05) is 54.6 Å². The van der Waals surface area contributed by atoms with Gasteiger partial charge in [-0.25, -0.2) is 0 Å². The highest BCUT2D eigenvalue weighted by molar-refractivity contribution is 6.04. The molecule has 7 heteroatoms. The van der Waals surface area contributed by atoms with Gasteiger partial charge < -0.3 is 14.8 Å². The first-order valence-corrected chi connectivity index (χ1v) is 11.5. The molecular weight excluding hydrogens is 444 g/mol. The van der Waals surface area contributed by atoms with Crippen molar-refractivity contribution < 1.29 is 23.9 Å². The Hall–Kier alpha value is -4.13. The third kappa shape index (κ3) is 5.87. The number of amides is 2. The second kappa shape index (κ2) is 10.9. The summed E-state index contributed by atoms with van der Waals surface area (Å²) in [7, 11) is 0. The van der Waals surface area contributed by atoms with Crippen molar-refractivity contribution in [2.24, 2.45) is 0 Å². The third-order valence-corrected chi connectivity index (χ3v) is 5.76. The molecule has 180 valence electrons. The van der Waals surface area contributed by atoms with Crippen LogP contribution < -0.4 is 19.7 Å². The minimum absolute atomic E-state index is 0.144. The monoisotopic (exact) mass is 472 g/mol. The summed E-state index contributed by atoms with van der Waals surface area (Å²) in [4.78, 5) is 39.4. The van der Waals surface area contributed by atoms with Gasteiger partial charge >= 0.3 is 0 Å². The van der Waals surface area contributed by atoms with Crippen molar-refractivity contribution >= 4 is 23.3 Å². The Balaban J connectivity index is 1.45. The van der Waals surface area contributed by atoms with Crippen molar-refractivity contribution in [1.29, 1.82) is 0 Å². The number of Topliss-reactive ketones (excluding diaryl/α,β-unsaturated/α-hetero) is 1. The number of rotatable bonds is 9. The molecule has 0 aromatic heterocycles. The summed E-state index contributed by atoms with van der Waals surface area (Å²) in [5.74, 6) is 0.485. The lowest BCUT2D eigenvalue weighted by atomic mass is 10.0. The normalized spacial score (nSPS) is 12.7. The molecule has 1 aliphatic rings. The van der Waals surface area contributed by atoms with Crippen molar-refractivity contribution in [1.82, 2.24) is 5.32 Å². The standard InChI is InChI=1S/C28H28N2O5/c1-19(2)22-10-6-7-11-25(22)34-17-24(31)21-12-13-26-23(14-21)30(28(33)18-35-26)16-27(32)29-15-20-8-4-3-5-9-20/h3-14,19H,15-18H2,1-2H3,(H,29,32). The Labute approximate surface area is 204 Å². The van der Waals surface area contributed by atoms with Crippen LogP contribution in [0.5, 0.6) is 11.5 Å². The first-order chi connectivity index (χ1) is 16.9. The molecule has 3 aromatic carbocycles. The van der Waals surface area contributed by atoms with E-state index in [9.17, 15) is 14.4 Å². The van der Waals surface area contributed by atoms with Crippen molar-refractivity contribution in [2.75, 3.05) is 24.7 Å². The van der Waals surface area contributed by atoms with Crippen LogP contribution >= 0.6 is 0 Å². The topological polar surface area (TPSA) is 84.9 Å². The molecule has 0 unspecified atom stereocenters. The lowest BCUT2D eigenvalue weighted by Crippen LogP contribution is -2.45. The summed E-state index contributed by atoms with van der Waals surface area (Å²) >= 11 is 0. The lowest BCUT2D eigenvalue weighted by molar-refractivity contribution is -0.125. The number of nitrogens with one attached hydrogen (secondary N) is 1. The summed E-state index contributed by atoms with van der Waals surface area (Å²) < 4.78 is 11.3. The van der Waals surface area contributed by atoms with Gasteiger partial charge in [0.05, 0.1) is 5.69 Å². The highest BCUT2D eigenvalue weighted by atomic mass is 16.5. The zero-order valence-electron chi connectivity index (χ0n) is 19.8. The van der Waals surface area contributed by atoms with Crippen molar-refractivity contribution in [3.05, 3.63) is 89.5 Å². The smallest absolute Gasteiger partial charge is 0.265 e. The minimum atomic E-state index is -0.348. The zero-order valence-corrected chi connectivity index (χ0v) is 19.8. The van der Waals surface area contributed by atoms with Gasteiger partial charge in [-0.2, -0.15) is 0 Å². The molecule has 0 saturated heterocycles. The summed E-state index contributed by atoms with van der Waals surface area (Å²) in [5.41, 5.74) is 2.75. The first-order valence-electron chi connectivity index (χ1n) is 11.5. The predicted octanol–water partition coefficient (Wildman–Crippen LogP) is 4.11. The average molecular weight is 473 g/mol. The van der Waals surface area contributed by atoms with E-state index >= 15 is 0 Å². The van der Waals surface area contributed by atoms with E-state index in [4.69, 9.17) is 9.47 Å². The number of anilines is 1. The van der Waals surface area contributed by atoms with Crippen LogP contribution in [0.3, 0.4) is 0 Å². The SMILES string of the molecule is CC(C)c1ccccc1OCC(=O)c1ccc2c(c1)N(CC(=O)NCc1ccccc1)C(=O)CO2. The van der Waals surface area contributed by atoms with Gasteiger partial charge in [-0.3, -0.25) is 19.3 Å². The first kappa shape index (κ1) is 24.0. The van der Waals surface area contributed by atoms with Crippen LogP contribution in [0.15, 0.2) is 72.8 Å². The molecule has 0 radical (unpaired) electrons. The van der Waals surface area contributed by atoms with Gasteiger partial charge in [0, 0.05) is 12.1 Å². The molecule has 0 bridgehead atoms. The molecule has 0 atom stereocenters. The Morgan fingerprint density at radius 1 is 1.03 bits per heavy atom. The molecule has 0 spiro atoms. The third-order valence-electron chi connectivity index (χ3n) is 5.76. The summed E-state index contributed by atoms with van der Waals surface area (Å²) in [5, 5.41) is 2.83. The number of carbonyl (C=O) groups is 3. The quantitative estimate of drug-likeness (QED) is 0.474. The van der Waals surface area contributed by atoms with Gasteiger partial charge in [0.15, 0.2) is 19.0 Å². The van der Waals surface area contributed by atoms with Gasteiger partial charge in [-0.1, -0.05) is 62.4 Å². The number of para-hydroxylation sites is 1. The van der Waals surface area contributed by atoms with Crippen molar-refractivity contribution in [3.63, 3.8) is 0 Å². The second-order valence-electron chi connectivity index (χ2n) is 8.62. The van der Waals surface area contributed by atoms with Crippen LogP contribution in [0.25, 0.3) is 0 Å². The van der Waals surface area contributed by atoms with Crippen LogP contribution in [0, 0.1) is 0 Å². The molecule has 3 aromatic rings. The Morgan fingerprint density at radius 2 is 1.77 bits per heavy atom. The van der Waals surface area contributed by atoms with Crippen LogP contribution in [0.1, 0.15) is 41.3 Å². The summed E-state index contributed by atoms with van der Waals surface area (Å²) in [6, 6.07) is 22.0. The van der Waals surface area contributed by atoms with Crippen LogP contribution in [-0.2, 0) is 16.1 Å². The number of ether oxygens (including phenoxy) is 2. The number of hydrogen-bond donors (Lipinski definition) is 1. The molecule has 2 amide bonds. The Bertz CT molecular complexity index is 1220. The molecule has 1 N–H and O–H groups in total. The van der Waals surface area contributed by atoms with Crippen molar-refractivity contribution in [3.8, 4) is 11.5 Å². The van der Waals surface area contributed by atoms with Gasteiger partial charge in [-0.15, -0.1) is 0 Å². The molecular formula is C28H28N2O5. The van der Waals surface area contributed by atoms with E-state index < -0.39 is 0 Å².